The van der Waals surface area contributed by atoms with Crippen LogP contribution in [0.15, 0.2) is 335 Å². The molecule has 0 aliphatic heterocycles. The quantitative estimate of drug-likeness (QED) is 0.141. The summed E-state index contributed by atoms with van der Waals surface area (Å²) in [4.78, 5) is 30.9. The highest BCUT2D eigenvalue weighted by Crippen LogP contribution is 2.27. The van der Waals surface area contributed by atoms with Crippen molar-refractivity contribution in [2.24, 2.45) is 42.3 Å². The molecular formula is C110H113N17O3S4. The van der Waals surface area contributed by atoms with Crippen LogP contribution in [0.5, 0.6) is 0 Å². The van der Waals surface area contributed by atoms with Crippen LogP contribution >= 0.6 is 45.3 Å². The van der Waals surface area contributed by atoms with Crippen LogP contribution in [0.25, 0.3) is 124 Å². The van der Waals surface area contributed by atoms with Gasteiger partial charge in [-0.15, -0.1) is 45.3 Å². The maximum absolute atomic E-state index is 5.20. The summed E-state index contributed by atoms with van der Waals surface area (Å²) < 4.78 is 34.3. The van der Waals surface area contributed by atoms with Crippen LogP contribution in [0, 0.1) is 96.9 Å². The Kier molecular flexibility index (Phi) is 31.6. The van der Waals surface area contributed by atoms with Gasteiger partial charge in [-0.05, 0) is 221 Å². The molecule has 20 nitrogen and oxygen atoms in total. The van der Waals surface area contributed by atoms with Crippen molar-refractivity contribution < 1.29 is 13.4 Å². The summed E-state index contributed by atoms with van der Waals surface area (Å²) in [5.41, 5.74) is 28.3. The number of nitrogens with zero attached hydrogens (tertiary/aromatic N) is 17. The highest BCUT2D eigenvalue weighted by molar-refractivity contribution is 7.18. The lowest BCUT2D eigenvalue weighted by molar-refractivity contribution is 0.450. The molecule has 0 bridgehead atoms. The van der Waals surface area contributed by atoms with Crippen LogP contribution < -0.4 is 0 Å². The lowest BCUT2D eigenvalue weighted by Gasteiger charge is -1.97. The highest BCUT2D eigenvalue weighted by atomic mass is 32.1. The summed E-state index contributed by atoms with van der Waals surface area (Å²) >= 11 is 6.67. The lowest BCUT2D eigenvalue weighted by Crippen LogP contribution is -1.88. The number of aromatic nitrogens is 17. The Labute approximate surface area is 796 Å². The molecule has 0 N–H and O–H groups in total. The average Bonchev–Trinajstić information content (AvgIpc) is 1.65. The molecule has 0 aliphatic carbocycles. The van der Waals surface area contributed by atoms with E-state index < -0.39 is 0 Å². The monoisotopic (exact) mass is 1850 g/mol. The van der Waals surface area contributed by atoms with Crippen molar-refractivity contribution in [3.63, 3.8) is 0 Å². The van der Waals surface area contributed by atoms with E-state index in [2.05, 4.69) is 338 Å². The zero-order valence-corrected chi connectivity index (χ0v) is 82.8. The van der Waals surface area contributed by atoms with E-state index in [-0.39, 0.29) is 0 Å². The first-order valence-corrected chi connectivity index (χ1v) is 47.5. The van der Waals surface area contributed by atoms with Crippen molar-refractivity contribution >= 4 is 169 Å². The number of hydrogen-bond acceptors (Lipinski definition) is 15. The van der Waals surface area contributed by atoms with E-state index in [4.69, 9.17) is 13.4 Å². The molecule has 0 fully saturated rings. The minimum absolute atomic E-state index is 0.861. The average molecular weight is 1850 g/mol. The molecule has 24 heteroatoms. The van der Waals surface area contributed by atoms with E-state index in [0.717, 1.165) is 81.2 Å². The van der Waals surface area contributed by atoms with Gasteiger partial charge in [0.2, 0.25) is 0 Å². The van der Waals surface area contributed by atoms with Crippen LogP contribution in [0.2, 0.25) is 0 Å². The molecule has 0 spiro atoms. The number of fused-ring (bicyclic) bond motifs is 13. The minimum Gasteiger partial charge on any atom is -0.464 e. The molecule has 0 saturated carbocycles. The fourth-order valence-electron chi connectivity index (χ4n) is 15.4. The fourth-order valence-corrected chi connectivity index (χ4v) is 18.5. The van der Waals surface area contributed by atoms with Crippen molar-refractivity contribution in [2.75, 3.05) is 0 Å². The number of pyridine rings is 1. The first kappa shape index (κ1) is 95.3. The summed E-state index contributed by atoms with van der Waals surface area (Å²) in [6.07, 6.45) is 25.0. The van der Waals surface area contributed by atoms with Gasteiger partial charge in [0.15, 0.2) is 26.0 Å². The number of aryl methyl sites for hydroxylation is 20. The van der Waals surface area contributed by atoms with Gasteiger partial charge in [-0.25, -0.2) is 19.9 Å². The fraction of sp³-hybridized carbons (Fsp3) is 0.182. The number of thiophene rings is 1. The molecule has 0 atom stereocenters. The van der Waals surface area contributed by atoms with E-state index >= 15 is 0 Å². The molecular weight excluding hydrogens is 1740 g/mol. The smallest absolute Gasteiger partial charge is 0.194 e. The number of benzene rings is 8. The third-order valence-corrected chi connectivity index (χ3v) is 26.2. The molecule has 134 heavy (non-hydrogen) atoms. The first-order valence-electron chi connectivity index (χ1n) is 44.0. The van der Waals surface area contributed by atoms with E-state index in [1.807, 2.05) is 178 Å². The van der Waals surface area contributed by atoms with Crippen molar-refractivity contribution in [1.82, 2.24) is 80.9 Å². The highest BCUT2D eigenvalue weighted by Gasteiger charge is 2.09. The van der Waals surface area contributed by atoms with Gasteiger partial charge in [-0.1, -0.05) is 132 Å². The Morgan fingerprint density at radius 3 is 1.65 bits per heavy atom. The van der Waals surface area contributed by atoms with Gasteiger partial charge in [0.25, 0.3) is 0 Å². The molecule has 0 unspecified atom stereocenters. The summed E-state index contributed by atoms with van der Waals surface area (Å²) in [5, 5.41) is 24.4. The zero-order chi connectivity index (χ0) is 94.6. The van der Waals surface area contributed by atoms with E-state index in [0.29, 0.717) is 0 Å². The Hall–Kier alpha value is -14.8. The van der Waals surface area contributed by atoms with E-state index in [9.17, 15) is 0 Å². The standard InChI is InChI=1S/4C10H11N.C10H9N.C9H10N2.C9H8O.C8H9NO.C8H7NO.C7H8N2S.C7H6N2S.2C6H6N2S/c1-8-3-4-10-9(7-8)5-6-11(10)2;1-8-4-3-5-10-9(8)6-7-11(10)2;1-8-7-11(2)10-6-4-3-5-9(8)10;1-8-7-9-5-3-4-6-10(9)11(8)2;1-8-4-2-5-9-6-3-7-11-10(8)9;1-7-8-5-3-4-6-9(8)11(2)10-7;1-7-3-2-4-9-8(7)5-6-10-9;1-6-5-8-7(9(6)2)3-4-10-8;1-6-7-4-2-3-5-8(7)10-9-6;1-5-6(2)9-3-4-10-7(9)8-5;1-5-4-6-7(10-5)9-3-2-8-6;1-5-4-8-2-3-9-6(8)7-5;1-5-4-7-6-8(5)2-3-9-6/h4*3-7H,1-2H3;2-7H,1H3;3-6H,1-2H3;2-6H,1H3;3-5H,1-2H3;2-5H,1H3;3-4H,1-2H3;2-4H,1H3;2*2-4H,1H3. The summed E-state index contributed by atoms with van der Waals surface area (Å²) in [6, 6.07) is 76.7. The number of hydrogen-bond donors (Lipinski definition) is 0. The van der Waals surface area contributed by atoms with Crippen LogP contribution in [0.1, 0.15) is 78.2 Å². The van der Waals surface area contributed by atoms with Crippen LogP contribution in [0.3, 0.4) is 0 Å². The van der Waals surface area contributed by atoms with Gasteiger partial charge in [0.05, 0.1) is 57.4 Å². The SMILES string of the molecule is Cc1cc2ccccc2n1C.Cc1cc2nccnc2s1.Cc1cc2occc2n1C.Cc1ccc2c(ccn2C)c1.Cc1cccc2c1ccn2C.Cc1cccc2cccnc12.Cc1cccc2occc12.Cc1cn(C)c2ccccc12.Cc1cn2ccsc2n1.Cc1cnc2sccn12.Cc1nc2sccn2c1C.Cc1nn(C)c2ccccc12.Cc1noc2ccccc12. The molecule has 18 aromatic heterocycles. The molecule has 26 rings (SSSR count). The summed E-state index contributed by atoms with van der Waals surface area (Å²) in [7, 11) is 12.3. The largest absolute Gasteiger partial charge is 0.464 e. The summed E-state index contributed by atoms with van der Waals surface area (Å²) in [6.45, 7) is 28.9. The molecule has 680 valence electrons. The van der Waals surface area contributed by atoms with Gasteiger partial charge in [0.1, 0.15) is 10.4 Å². The summed E-state index contributed by atoms with van der Waals surface area (Å²) in [5.74, 6) is 0. The van der Waals surface area contributed by atoms with Gasteiger partial charge in [0, 0.05) is 221 Å². The first-order chi connectivity index (χ1) is 64.7. The Bertz CT molecular complexity index is 7960. The topological polar surface area (TPSA) is 185 Å². The molecule has 0 aliphatic rings. The minimum atomic E-state index is 0.861. The van der Waals surface area contributed by atoms with Crippen molar-refractivity contribution in [3.8, 4) is 0 Å². The number of para-hydroxylation sites is 5. The third kappa shape index (κ3) is 23.4. The van der Waals surface area contributed by atoms with E-state index in [1.54, 1.807) is 70.3 Å². The predicted octanol–water partition coefficient (Wildman–Crippen LogP) is 28.7. The maximum Gasteiger partial charge on any atom is 0.194 e. The second kappa shape index (κ2) is 44.4. The number of furan rings is 2. The van der Waals surface area contributed by atoms with Crippen LogP contribution in [-0.4, -0.2) is 80.9 Å². The van der Waals surface area contributed by atoms with Gasteiger partial charge >= 0.3 is 0 Å². The number of imidazole rings is 3. The second-order valence-corrected chi connectivity index (χ2v) is 36.6. The Morgan fingerprint density at radius 2 is 0.933 bits per heavy atom. The molecule has 0 radical (unpaired) electrons. The van der Waals surface area contributed by atoms with Gasteiger partial charge < -0.3 is 36.2 Å². The number of thiazole rings is 3. The lowest BCUT2D eigenvalue weighted by atomic mass is 10.1. The number of rotatable bonds is 0. The molecule has 0 saturated heterocycles. The molecule has 26 aromatic rings. The molecule has 8 aromatic carbocycles. The third-order valence-electron chi connectivity index (χ3n) is 23.0. The van der Waals surface area contributed by atoms with Crippen LogP contribution in [-0.2, 0) is 42.3 Å². The van der Waals surface area contributed by atoms with Crippen molar-refractivity contribution in [2.45, 2.75) is 96.9 Å². The second-order valence-electron chi connectivity index (χ2n) is 32.7. The molecule has 18 heterocycles. The molecule has 0 amide bonds. The van der Waals surface area contributed by atoms with Crippen molar-refractivity contribution in [1.29, 1.82) is 0 Å². The Balaban J connectivity index is 0.000000117. The Morgan fingerprint density at radius 1 is 0.343 bits per heavy atom. The van der Waals surface area contributed by atoms with Crippen molar-refractivity contribution in [3.05, 3.63) is 400 Å². The maximum atomic E-state index is 5.20. The predicted molar refractivity (Wildman–Crippen MR) is 562 cm³/mol. The van der Waals surface area contributed by atoms with E-state index in [1.165, 1.54) is 121 Å². The van der Waals surface area contributed by atoms with Gasteiger partial charge in [-0.2, -0.15) is 5.10 Å². The zero-order valence-electron chi connectivity index (χ0n) is 79.6. The van der Waals surface area contributed by atoms with Crippen LogP contribution in [0.4, 0.5) is 0 Å². The normalized spacial score (nSPS) is 10.7. The van der Waals surface area contributed by atoms with Gasteiger partial charge in [-0.3, -0.25) is 27.9 Å².